The normalized spacial score (nSPS) is 20.5. The number of halogens is 1. The van der Waals surface area contributed by atoms with Crippen LogP contribution in [0.5, 0.6) is 0 Å². The van der Waals surface area contributed by atoms with E-state index in [1.807, 2.05) is 41.9 Å². The highest BCUT2D eigenvalue weighted by molar-refractivity contribution is 5.80. The first-order chi connectivity index (χ1) is 13.6. The van der Waals surface area contributed by atoms with Gasteiger partial charge in [-0.3, -0.25) is 4.99 Å². The molecule has 4 rings (SSSR count). The topological polar surface area (TPSA) is 54.2 Å². The van der Waals surface area contributed by atoms with Crippen molar-refractivity contribution < 1.29 is 9.13 Å². The molecule has 3 heterocycles. The molecular formula is C21H24FN5O. The Balaban J connectivity index is 1.45. The van der Waals surface area contributed by atoms with Gasteiger partial charge < -0.3 is 19.4 Å². The van der Waals surface area contributed by atoms with Gasteiger partial charge in [-0.2, -0.15) is 0 Å². The van der Waals surface area contributed by atoms with Gasteiger partial charge in [0.1, 0.15) is 17.6 Å². The van der Waals surface area contributed by atoms with E-state index in [0.29, 0.717) is 13.1 Å². The summed E-state index contributed by atoms with van der Waals surface area (Å²) in [6.07, 6.45) is 3.91. The van der Waals surface area contributed by atoms with Crippen LogP contribution in [0.2, 0.25) is 0 Å². The molecule has 1 aliphatic heterocycles. The Bertz CT molecular complexity index is 935. The monoisotopic (exact) mass is 381 g/mol. The van der Waals surface area contributed by atoms with Gasteiger partial charge in [-0.15, -0.1) is 0 Å². The molecule has 0 radical (unpaired) electrons. The van der Waals surface area contributed by atoms with Crippen molar-refractivity contribution >= 4 is 11.6 Å². The van der Waals surface area contributed by atoms with Crippen LogP contribution in [0, 0.1) is 5.82 Å². The Hall–Kier alpha value is -2.93. The Kier molecular flexibility index (Phi) is 5.25. The lowest BCUT2D eigenvalue weighted by Gasteiger charge is -2.38. The van der Waals surface area contributed by atoms with Crippen molar-refractivity contribution in [1.82, 2.24) is 19.6 Å². The minimum Gasteiger partial charge on any atom is -0.367 e. The molecular weight excluding hydrogens is 357 g/mol. The molecule has 1 aromatic carbocycles. The average molecular weight is 381 g/mol. The quantitative estimate of drug-likeness (QED) is 0.560. The number of nitrogens with zero attached hydrogens (tertiary/aromatic N) is 4. The predicted octanol–water partition coefficient (Wildman–Crippen LogP) is 3.01. The number of rotatable bonds is 3. The molecule has 2 atom stereocenters. The first kappa shape index (κ1) is 18.4. The highest BCUT2D eigenvalue weighted by Crippen LogP contribution is 2.25. The SMILES string of the molecule is CN=C(NCc1cn2ccccc2n1)N1CC(C)OC(c2ccc(F)cc2)C1. The van der Waals surface area contributed by atoms with E-state index in [2.05, 4.69) is 20.2 Å². The molecule has 6 nitrogen and oxygen atoms in total. The van der Waals surface area contributed by atoms with E-state index in [1.54, 1.807) is 19.2 Å². The summed E-state index contributed by atoms with van der Waals surface area (Å²) in [4.78, 5) is 11.2. The van der Waals surface area contributed by atoms with Crippen LogP contribution in [0.1, 0.15) is 24.3 Å². The summed E-state index contributed by atoms with van der Waals surface area (Å²) >= 11 is 0. The minimum atomic E-state index is -0.241. The zero-order valence-electron chi connectivity index (χ0n) is 16.0. The molecule has 3 aromatic rings. The Morgan fingerprint density at radius 3 is 2.82 bits per heavy atom. The van der Waals surface area contributed by atoms with E-state index in [9.17, 15) is 4.39 Å². The summed E-state index contributed by atoms with van der Waals surface area (Å²) in [6, 6.07) is 12.4. The Morgan fingerprint density at radius 1 is 1.25 bits per heavy atom. The van der Waals surface area contributed by atoms with Crippen LogP contribution in [-0.2, 0) is 11.3 Å². The standard InChI is InChI=1S/C21H24FN5O/c1-15-12-27(14-19(28-15)16-6-8-17(22)9-7-16)21(23-2)24-11-18-13-26-10-4-3-5-20(26)25-18/h3-10,13,15,19H,11-12,14H2,1-2H3,(H,23,24). The molecule has 2 aromatic heterocycles. The lowest BCUT2D eigenvalue weighted by molar-refractivity contribution is -0.0605. The van der Waals surface area contributed by atoms with Crippen molar-refractivity contribution in [3.8, 4) is 0 Å². The summed E-state index contributed by atoms with van der Waals surface area (Å²) < 4.78 is 21.3. The van der Waals surface area contributed by atoms with Crippen LogP contribution < -0.4 is 5.32 Å². The highest BCUT2D eigenvalue weighted by Gasteiger charge is 2.28. The van der Waals surface area contributed by atoms with E-state index in [1.165, 1.54) is 12.1 Å². The van der Waals surface area contributed by atoms with Crippen molar-refractivity contribution in [1.29, 1.82) is 0 Å². The Morgan fingerprint density at radius 2 is 2.07 bits per heavy atom. The number of ether oxygens (including phenoxy) is 1. The van der Waals surface area contributed by atoms with E-state index < -0.39 is 0 Å². The van der Waals surface area contributed by atoms with Gasteiger partial charge in [-0.05, 0) is 36.8 Å². The number of hydrogen-bond donors (Lipinski definition) is 1. The van der Waals surface area contributed by atoms with E-state index in [-0.39, 0.29) is 18.0 Å². The van der Waals surface area contributed by atoms with Crippen LogP contribution in [0.4, 0.5) is 4.39 Å². The number of benzene rings is 1. The molecule has 0 spiro atoms. The molecule has 146 valence electrons. The van der Waals surface area contributed by atoms with Gasteiger partial charge in [0.25, 0.3) is 0 Å². The first-order valence-electron chi connectivity index (χ1n) is 9.41. The van der Waals surface area contributed by atoms with Gasteiger partial charge in [-0.1, -0.05) is 18.2 Å². The fourth-order valence-electron chi connectivity index (χ4n) is 3.56. The van der Waals surface area contributed by atoms with Gasteiger partial charge in [0, 0.05) is 26.0 Å². The number of fused-ring (bicyclic) bond motifs is 1. The molecule has 1 saturated heterocycles. The number of pyridine rings is 1. The van der Waals surface area contributed by atoms with Crippen molar-refractivity contribution in [3.05, 3.63) is 71.9 Å². The number of aliphatic imine (C=N–C) groups is 1. The van der Waals surface area contributed by atoms with E-state index in [0.717, 1.165) is 29.4 Å². The second-order valence-electron chi connectivity index (χ2n) is 6.99. The molecule has 0 bridgehead atoms. The molecule has 1 fully saturated rings. The number of imidazole rings is 1. The first-order valence-corrected chi connectivity index (χ1v) is 9.41. The van der Waals surface area contributed by atoms with Crippen LogP contribution >= 0.6 is 0 Å². The lowest BCUT2D eigenvalue weighted by atomic mass is 10.1. The predicted molar refractivity (Wildman–Crippen MR) is 107 cm³/mol. The number of nitrogens with one attached hydrogen (secondary N) is 1. The maximum atomic E-state index is 13.2. The molecule has 0 amide bonds. The maximum absolute atomic E-state index is 13.2. The average Bonchev–Trinajstić information content (AvgIpc) is 3.11. The van der Waals surface area contributed by atoms with Crippen LogP contribution in [-0.4, -0.2) is 46.5 Å². The molecule has 28 heavy (non-hydrogen) atoms. The summed E-state index contributed by atoms with van der Waals surface area (Å²) in [7, 11) is 1.78. The fourth-order valence-corrected chi connectivity index (χ4v) is 3.56. The largest absolute Gasteiger partial charge is 0.367 e. The second-order valence-corrected chi connectivity index (χ2v) is 6.99. The minimum absolute atomic E-state index is 0.0394. The van der Waals surface area contributed by atoms with Gasteiger partial charge in [-0.25, -0.2) is 9.37 Å². The van der Waals surface area contributed by atoms with Gasteiger partial charge in [0.2, 0.25) is 0 Å². The zero-order chi connectivity index (χ0) is 19.5. The fraction of sp³-hybridized carbons (Fsp3) is 0.333. The third kappa shape index (κ3) is 3.99. The molecule has 1 aliphatic rings. The number of morpholine rings is 1. The summed E-state index contributed by atoms with van der Waals surface area (Å²) in [6.45, 7) is 4.02. The molecule has 0 aliphatic carbocycles. The van der Waals surface area contributed by atoms with Crippen molar-refractivity contribution in [2.24, 2.45) is 4.99 Å². The molecule has 2 unspecified atom stereocenters. The zero-order valence-corrected chi connectivity index (χ0v) is 16.0. The summed E-state index contributed by atoms with van der Waals surface area (Å²) in [5.41, 5.74) is 2.84. The van der Waals surface area contributed by atoms with Crippen LogP contribution in [0.3, 0.4) is 0 Å². The van der Waals surface area contributed by atoms with E-state index >= 15 is 0 Å². The lowest BCUT2D eigenvalue weighted by Crippen LogP contribution is -2.50. The van der Waals surface area contributed by atoms with Crippen molar-refractivity contribution in [2.45, 2.75) is 25.7 Å². The third-order valence-corrected chi connectivity index (χ3v) is 4.85. The van der Waals surface area contributed by atoms with Crippen molar-refractivity contribution in [2.75, 3.05) is 20.1 Å². The molecule has 0 saturated carbocycles. The van der Waals surface area contributed by atoms with Gasteiger partial charge >= 0.3 is 0 Å². The van der Waals surface area contributed by atoms with Crippen molar-refractivity contribution in [3.63, 3.8) is 0 Å². The molecule has 7 heteroatoms. The van der Waals surface area contributed by atoms with Crippen LogP contribution in [0.15, 0.2) is 59.9 Å². The smallest absolute Gasteiger partial charge is 0.194 e. The highest BCUT2D eigenvalue weighted by atomic mass is 19.1. The maximum Gasteiger partial charge on any atom is 0.194 e. The number of guanidine groups is 1. The Labute approximate surface area is 163 Å². The number of hydrogen-bond acceptors (Lipinski definition) is 3. The van der Waals surface area contributed by atoms with E-state index in [4.69, 9.17) is 4.74 Å². The van der Waals surface area contributed by atoms with Gasteiger partial charge in [0.15, 0.2) is 5.96 Å². The van der Waals surface area contributed by atoms with Gasteiger partial charge in [0.05, 0.1) is 24.9 Å². The molecule has 1 N–H and O–H groups in total. The summed E-state index contributed by atoms with van der Waals surface area (Å²) in [5, 5.41) is 3.40. The summed E-state index contributed by atoms with van der Waals surface area (Å²) in [5.74, 6) is 0.564. The van der Waals surface area contributed by atoms with Crippen LogP contribution in [0.25, 0.3) is 5.65 Å². The second kappa shape index (κ2) is 7.98. The number of aromatic nitrogens is 2. The third-order valence-electron chi connectivity index (χ3n) is 4.85.